The maximum Gasteiger partial charge on any atom is 0.255 e. The van der Waals surface area contributed by atoms with Crippen LogP contribution in [0.25, 0.3) is 11.3 Å². The minimum absolute atomic E-state index is 0.0326. The topological polar surface area (TPSA) is 101 Å². The highest BCUT2D eigenvalue weighted by atomic mass is 32.2. The summed E-state index contributed by atoms with van der Waals surface area (Å²) in [5.41, 5.74) is 3.21. The molecule has 1 aromatic heterocycles. The van der Waals surface area contributed by atoms with Gasteiger partial charge in [-0.2, -0.15) is 0 Å². The van der Waals surface area contributed by atoms with Crippen molar-refractivity contribution in [2.24, 2.45) is 0 Å². The smallest absolute Gasteiger partial charge is 0.255 e. The first-order chi connectivity index (χ1) is 15.8. The van der Waals surface area contributed by atoms with Gasteiger partial charge in [-0.1, -0.05) is 36.4 Å². The molecule has 7 nitrogen and oxygen atoms in total. The summed E-state index contributed by atoms with van der Waals surface area (Å²) in [5, 5.41) is 2.82. The number of hydrogen-bond donors (Lipinski definition) is 2. The Bertz CT molecular complexity index is 1380. The van der Waals surface area contributed by atoms with Crippen molar-refractivity contribution in [2.45, 2.75) is 25.3 Å². The van der Waals surface area contributed by atoms with E-state index in [2.05, 4.69) is 15.0 Å². The maximum absolute atomic E-state index is 12.9. The van der Waals surface area contributed by atoms with E-state index >= 15 is 0 Å². The van der Waals surface area contributed by atoms with E-state index < -0.39 is 15.9 Å². The Balaban J connectivity index is 1.49. The number of amides is 1. The van der Waals surface area contributed by atoms with Gasteiger partial charge in [0.2, 0.25) is 10.0 Å². The lowest BCUT2D eigenvalue weighted by molar-refractivity contribution is 0.102. The van der Waals surface area contributed by atoms with Crippen LogP contribution < -0.4 is 10.0 Å². The Morgan fingerprint density at radius 3 is 2.36 bits per heavy atom. The van der Waals surface area contributed by atoms with Crippen LogP contribution in [0.15, 0.2) is 88.3 Å². The molecule has 0 unspecified atom stereocenters. The zero-order valence-electron chi connectivity index (χ0n) is 18.2. The molecule has 4 rings (SSSR count). The molecule has 8 heteroatoms. The van der Waals surface area contributed by atoms with Gasteiger partial charge in [0.1, 0.15) is 0 Å². The molecule has 0 aliphatic rings. The van der Waals surface area contributed by atoms with Gasteiger partial charge in [-0.15, -0.1) is 0 Å². The van der Waals surface area contributed by atoms with Crippen molar-refractivity contribution in [3.05, 3.63) is 102 Å². The van der Waals surface area contributed by atoms with E-state index in [1.807, 2.05) is 42.5 Å². The van der Waals surface area contributed by atoms with Gasteiger partial charge in [-0.05, 0) is 54.4 Å². The first-order valence-corrected chi connectivity index (χ1v) is 11.8. The molecule has 3 aromatic carbocycles. The summed E-state index contributed by atoms with van der Waals surface area (Å²) in [5.74, 6) is 0.823. The molecule has 0 atom stereocenters. The van der Waals surface area contributed by atoms with E-state index in [4.69, 9.17) is 4.42 Å². The van der Waals surface area contributed by atoms with Gasteiger partial charge in [0, 0.05) is 30.3 Å². The maximum atomic E-state index is 12.9. The van der Waals surface area contributed by atoms with E-state index in [1.165, 1.54) is 12.1 Å². The molecule has 0 saturated heterocycles. The molecule has 0 saturated carbocycles. The molecule has 2 N–H and O–H groups in total. The summed E-state index contributed by atoms with van der Waals surface area (Å²) in [7, 11) is -3.78. The van der Waals surface area contributed by atoms with E-state index in [-0.39, 0.29) is 17.0 Å². The highest BCUT2D eigenvalue weighted by molar-refractivity contribution is 7.89. The predicted octanol–water partition coefficient (Wildman–Crippen LogP) is 4.69. The van der Waals surface area contributed by atoms with Crippen LogP contribution in [0, 0.1) is 13.8 Å². The summed E-state index contributed by atoms with van der Waals surface area (Å²) >= 11 is 0. The van der Waals surface area contributed by atoms with Crippen LogP contribution in [0.2, 0.25) is 0 Å². The van der Waals surface area contributed by atoms with Crippen LogP contribution in [0.1, 0.15) is 27.4 Å². The zero-order valence-corrected chi connectivity index (χ0v) is 19.0. The largest absolute Gasteiger partial charge is 0.441 e. The third-order valence-electron chi connectivity index (χ3n) is 5.12. The Morgan fingerprint density at radius 2 is 1.70 bits per heavy atom. The molecule has 1 amide bonds. The van der Waals surface area contributed by atoms with E-state index in [0.717, 1.165) is 11.1 Å². The number of carbonyl (C=O) groups excluding carboxylic acids is 1. The second-order valence-corrected chi connectivity index (χ2v) is 9.33. The van der Waals surface area contributed by atoms with Crippen molar-refractivity contribution in [2.75, 3.05) is 5.32 Å². The van der Waals surface area contributed by atoms with Gasteiger partial charge < -0.3 is 9.73 Å². The molecule has 0 fully saturated rings. The highest BCUT2D eigenvalue weighted by Crippen LogP contribution is 2.23. The molecule has 0 spiro atoms. The fourth-order valence-corrected chi connectivity index (χ4v) is 4.33. The average Bonchev–Trinajstić information content (AvgIpc) is 3.25. The normalized spacial score (nSPS) is 11.3. The molecule has 1 heterocycles. The second-order valence-electron chi connectivity index (χ2n) is 7.56. The molecular formula is C25H23N3O4S. The monoisotopic (exact) mass is 461 g/mol. The number of oxazole rings is 1. The van der Waals surface area contributed by atoms with Crippen LogP contribution in [0.3, 0.4) is 0 Å². The van der Waals surface area contributed by atoms with Crippen molar-refractivity contribution < 1.29 is 17.6 Å². The number of aryl methyl sites for hydroxylation is 2. The Hall–Kier alpha value is -3.75. The van der Waals surface area contributed by atoms with Crippen molar-refractivity contribution in [1.29, 1.82) is 0 Å². The van der Waals surface area contributed by atoms with Crippen LogP contribution in [-0.4, -0.2) is 19.3 Å². The SMILES string of the molecule is Cc1ncc(-c2ccc(NC(=O)c3cc(S(=O)(=O)NCc4ccccc4)ccc3C)cc2)o1. The zero-order chi connectivity index (χ0) is 23.4. The highest BCUT2D eigenvalue weighted by Gasteiger charge is 2.18. The Morgan fingerprint density at radius 1 is 0.970 bits per heavy atom. The van der Waals surface area contributed by atoms with Crippen LogP contribution in [0.4, 0.5) is 5.69 Å². The van der Waals surface area contributed by atoms with Gasteiger partial charge in [-0.3, -0.25) is 4.79 Å². The Labute approximate surface area is 192 Å². The molecule has 0 bridgehead atoms. The molecule has 0 aliphatic carbocycles. The number of carbonyl (C=O) groups is 1. The van der Waals surface area contributed by atoms with Crippen molar-refractivity contribution >= 4 is 21.6 Å². The summed E-state index contributed by atoms with van der Waals surface area (Å²) in [6.07, 6.45) is 1.64. The number of hydrogen-bond acceptors (Lipinski definition) is 5. The first-order valence-electron chi connectivity index (χ1n) is 10.3. The Kier molecular flexibility index (Phi) is 6.39. The number of nitrogens with zero attached hydrogens (tertiary/aromatic N) is 1. The standard InChI is InChI=1S/C25H23N3O4S/c1-17-8-13-22(33(30,31)27-15-19-6-4-3-5-7-19)14-23(17)25(29)28-21-11-9-20(10-12-21)24-16-26-18(2)32-24/h3-14,16,27H,15H2,1-2H3,(H,28,29). The third-order valence-corrected chi connectivity index (χ3v) is 6.52. The number of aromatic nitrogens is 1. The van der Waals surface area contributed by atoms with E-state index in [9.17, 15) is 13.2 Å². The van der Waals surface area contributed by atoms with E-state index in [1.54, 1.807) is 38.2 Å². The summed E-state index contributed by atoms with van der Waals surface area (Å²) in [4.78, 5) is 17.0. The lowest BCUT2D eigenvalue weighted by Gasteiger charge is -2.12. The van der Waals surface area contributed by atoms with Gasteiger partial charge in [-0.25, -0.2) is 18.1 Å². The number of sulfonamides is 1. The third kappa shape index (κ3) is 5.36. The van der Waals surface area contributed by atoms with Gasteiger partial charge >= 0.3 is 0 Å². The molecule has 0 radical (unpaired) electrons. The van der Waals surface area contributed by atoms with Gasteiger partial charge in [0.05, 0.1) is 11.1 Å². The number of benzene rings is 3. The van der Waals surface area contributed by atoms with E-state index in [0.29, 0.717) is 22.9 Å². The number of anilines is 1. The minimum Gasteiger partial charge on any atom is -0.441 e. The summed E-state index contributed by atoms with van der Waals surface area (Å²) in [6, 6.07) is 20.9. The second kappa shape index (κ2) is 9.40. The molecule has 33 heavy (non-hydrogen) atoms. The number of rotatable bonds is 7. The van der Waals surface area contributed by atoms with Crippen LogP contribution in [-0.2, 0) is 16.6 Å². The number of nitrogens with one attached hydrogen (secondary N) is 2. The average molecular weight is 462 g/mol. The molecule has 4 aromatic rings. The van der Waals surface area contributed by atoms with Gasteiger partial charge in [0.25, 0.3) is 5.91 Å². The minimum atomic E-state index is -3.78. The summed E-state index contributed by atoms with van der Waals surface area (Å²) < 4.78 is 33.6. The fourth-order valence-electron chi connectivity index (χ4n) is 3.28. The lowest BCUT2D eigenvalue weighted by atomic mass is 10.1. The lowest BCUT2D eigenvalue weighted by Crippen LogP contribution is -2.24. The molecule has 168 valence electrons. The summed E-state index contributed by atoms with van der Waals surface area (Å²) in [6.45, 7) is 3.69. The quantitative estimate of drug-likeness (QED) is 0.416. The first kappa shape index (κ1) is 22.4. The molecular weight excluding hydrogens is 438 g/mol. The fraction of sp³-hybridized carbons (Fsp3) is 0.120. The predicted molar refractivity (Wildman–Crippen MR) is 126 cm³/mol. The van der Waals surface area contributed by atoms with Gasteiger partial charge in [0.15, 0.2) is 11.7 Å². The van der Waals surface area contributed by atoms with Crippen molar-refractivity contribution in [3.63, 3.8) is 0 Å². The van der Waals surface area contributed by atoms with Crippen LogP contribution in [0.5, 0.6) is 0 Å². The molecule has 0 aliphatic heterocycles. The van der Waals surface area contributed by atoms with Crippen LogP contribution >= 0.6 is 0 Å². The van der Waals surface area contributed by atoms with Crippen molar-refractivity contribution in [3.8, 4) is 11.3 Å². The van der Waals surface area contributed by atoms with Crippen molar-refractivity contribution in [1.82, 2.24) is 9.71 Å².